The molecule has 2 aromatic rings. The van der Waals surface area contributed by atoms with Crippen molar-refractivity contribution in [3.63, 3.8) is 0 Å². The van der Waals surface area contributed by atoms with E-state index in [1.165, 1.54) is 55.3 Å². The van der Waals surface area contributed by atoms with E-state index in [0.717, 1.165) is 5.92 Å². The lowest BCUT2D eigenvalue weighted by atomic mass is 9.79. The van der Waals surface area contributed by atoms with Crippen LogP contribution in [-0.4, -0.2) is 4.98 Å². The van der Waals surface area contributed by atoms with Crippen LogP contribution in [0.3, 0.4) is 0 Å². The zero-order valence-corrected chi connectivity index (χ0v) is 13.0. The van der Waals surface area contributed by atoms with Crippen LogP contribution in [0.5, 0.6) is 0 Å². The lowest BCUT2D eigenvalue weighted by Crippen LogP contribution is -2.13. The molecule has 1 atom stereocenters. The van der Waals surface area contributed by atoms with Gasteiger partial charge in [-0.2, -0.15) is 0 Å². The van der Waals surface area contributed by atoms with Crippen LogP contribution in [0.25, 0.3) is 0 Å². The summed E-state index contributed by atoms with van der Waals surface area (Å²) < 4.78 is 0. The summed E-state index contributed by atoms with van der Waals surface area (Å²) in [5.74, 6) is 1.32. The van der Waals surface area contributed by atoms with Gasteiger partial charge in [0.15, 0.2) is 0 Å². The first-order chi connectivity index (χ1) is 10.3. The molecule has 1 aromatic heterocycles. The summed E-state index contributed by atoms with van der Waals surface area (Å²) in [6.07, 6.45) is 10.2. The summed E-state index contributed by atoms with van der Waals surface area (Å²) in [4.78, 5) is 4.65. The summed E-state index contributed by atoms with van der Waals surface area (Å²) in [5.41, 5.74) is 4.00. The highest BCUT2D eigenvalue weighted by atomic mass is 14.7. The van der Waals surface area contributed by atoms with Gasteiger partial charge in [-0.1, -0.05) is 68.0 Å². The van der Waals surface area contributed by atoms with Crippen LogP contribution in [0.2, 0.25) is 0 Å². The Morgan fingerprint density at radius 3 is 2.62 bits per heavy atom. The minimum atomic E-state index is 0.453. The van der Waals surface area contributed by atoms with Crippen molar-refractivity contribution in [2.75, 3.05) is 0 Å². The molecule has 0 bridgehead atoms. The van der Waals surface area contributed by atoms with Crippen LogP contribution in [-0.2, 0) is 0 Å². The van der Waals surface area contributed by atoms with Gasteiger partial charge in [-0.05, 0) is 37.0 Å². The average molecular weight is 279 g/mol. The van der Waals surface area contributed by atoms with Crippen molar-refractivity contribution in [3.8, 4) is 0 Å². The van der Waals surface area contributed by atoms with Crippen molar-refractivity contribution >= 4 is 0 Å². The van der Waals surface area contributed by atoms with Crippen LogP contribution in [0.1, 0.15) is 61.3 Å². The van der Waals surface area contributed by atoms with Crippen molar-refractivity contribution in [2.24, 2.45) is 5.92 Å². The highest BCUT2D eigenvalue weighted by Gasteiger charge is 2.22. The van der Waals surface area contributed by atoms with Gasteiger partial charge in [0.25, 0.3) is 0 Å². The number of aromatic nitrogens is 1. The van der Waals surface area contributed by atoms with Gasteiger partial charge in [-0.3, -0.25) is 4.98 Å². The minimum absolute atomic E-state index is 0.453. The Balaban J connectivity index is 1.87. The summed E-state index contributed by atoms with van der Waals surface area (Å²) in [6, 6.07) is 15.3. The van der Waals surface area contributed by atoms with Crippen LogP contribution in [0.15, 0.2) is 48.7 Å². The zero-order chi connectivity index (χ0) is 14.5. The maximum absolute atomic E-state index is 4.65. The van der Waals surface area contributed by atoms with Gasteiger partial charge in [0.2, 0.25) is 0 Å². The first-order valence-electron chi connectivity index (χ1n) is 8.30. The van der Waals surface area contributed by atoms with E-state index in [1.807, 2.05) is 12.3 Å². The molecule has 0 aliphatic heterocycles. The fourth-order valence-corrected chi connectivity index (χ4v) is 3.65. The molecular weight excluding hydrogens is 254 g/mol. The molecule has 1 heteroatoms. The molecule has 1 nitrogen and oxygen atoms in total. The van der Waals surface area contributed by atoms with Crippen LogP contribution < -0.4 is 0 Å². The Morgan fingerprint density at radius 2 is 1.90 bits per heavy atom. The van der Waals surface area contributed by atoms with E-state index < -0.39 is 0 Å². The standard InChI is InChI=1S/C20H25N/c1-16-8-7-11-18(14-16)19(20-12-5-6-13-21-20)15-17-9-3-2-4-10-17/h5-8,11-14,17,19H,2-4,9-10,15H2,1H3/t19-/m0/s1. The molecule has 0 N–H and O–H groups in total. The van der Waals surface area contributed by atoms with Crippen LogP contribution in [0, 0.1) is 12.8 Å². The van der Waals surface area contributed by atoms with Gasteiger partial charge in [0, 0.05) is 17.8 Å². The Hall–Kier alpha value is -1.63. The normalized spacial score (nSPS) is 17.6. The quantitative estimate of drug-likeness (QED) is 0.721. The topological polar surface area (TPSA) is 12.9 Å². The molecule has 110 valence electrons. The molecule has 1 aliphatic rings. The van der Waals surface area contributed by atoms with E-state index in [-0.39, 0.29) is 0 Å². The second-order valence-electron chi connectivity index (χ2n) is 6.46. The molecule has 1 saturated carbocycles. The third-order valence-corrected chi connectivity index (χ3v) is 4.78. The highest BCUT2D eigenvalue weighted by Crippen LogP contribution is 2.36. The van der Waals surface area contributed by atoms with Gasteiger partial charge < -0.3 is 0 Å². The van der Waals surface area contributed by atoms with Crippen molar-refractivity contribution < 1.29 is 0 Å². The number of rotatable bonds is 4. The van der Waals surface area contributed by atoms with Crippen molar-refractivity contribution in [2.45, 2.75) is 51.4 Å². The SMILES string of the molecule is Cc1cccc([C@H](CC2CCCCC2)c2ccccn2)c1. The predicted octanol–water partition coefficient (Wildman–Crippen LogP) is 5.49. The van der Waals surface area contributed by atoms with E-state index in [1.54, 1.807) is 0 Å². The molecule has 0 radical (unpaired) electrons. The van der Waals surface area contributed by atoms with E-state index in [9.17, 15) is 0 Å². The largest absolute Gasteiger partial charge is 0.261 e. The summed E-state index contributed by atoms with van der Waals surface area (Å²) >= 11 is 0. The molecule has 0 saturated heterocycles. The maximum atomic E-state index is 4.65. The van der Waals surface area contributed by atoms with Crippen LogP contribution >= 0.6 is 0 Å². The fourth-order valence-electron chi connectivity index (χ4n) is 3.65. The molecule has 21 heavy (non-hydrogen) atoms. The van der Waals surface area contributed by atoms with Gasteiger partial charge >= 0.3 is 0 Å². The molecule has 3 rings (SSSR count). The predicted molar refractivity (Wildman–Crippen MR) is 88.5 cm³/mol. The van der Waals surface area contributed by atoms with Crippen molar-refractivity contribution in [3.05, 3.63) is 65.5 Å². The number of pyridine rings is 1. The Labute approximate surface area is 128 Å². The monoisotopic (exact) mass is 279 g/mol. The first-order valence-corrected chi connectivity index (χ1v) is 8.30. The molecule has 1 aliphatic carbocycles. The third-order valence-electron chi connectivity index (χ3n) is 4.78. The first kappa shape index (κ1) is 14.3. The van der Waals surface area contributed by atoms with Gasteiger partial charge in [-0.15, -0.1) is 0 Å². The molecule has 0 spiro atoms. The molecular formula is C20H25N. The maximum Gasteiger partial charge on any atom is 0.0478 e. The molecule has 0 unspecified atom stereocenters. The second-order valence-corrected chi connectivity index (χ2v) is 6.46. The number of benzene rings is 1. The Kier molecular flexibility index (Phi) is 4.69. The zero-order valence-electron chi connectivity index (χ0n) is 13.0. The average Bonchev–Trinajstić information content (AvgIpc) is 2.54. The number of aryl methyl sites for hydroxylation is 1. The Bertz CT molecular complexity index is 555. The van der Waals surface area contributed by atoms with Gasteiger partial charge in [-0.25, -0.2) is 0 Å². The highest BCUT2D eigenvalue weighted by molar-refractivity contribution is 5.31. The van der Waals surface area contributed by atoms with Crippen molar-refractivity contribution in [1.29, 1.82) is 0 Å². The minimum Gasteiger partial charge on any atom is -0.261 e. The lowest BCUT2D eigenvalue weighted by Gasteiger charge is -2.27. The molecule has 0 amide bonds. The Morgan fingerprint density at radius 1 is 1.05 bits per heavy atom. The number of hydrogen-bond donors (Lipinski definition) is 0. The van der Waals surface area contributed by atoms with E-state index in [0.29, 0.717) is 5.92 Å². The van der Waals surface area contributed by atoms with Crippen LogP contribution in [0.4, 0.5) is 0 Å². The number of nitrogens with zero attached hydrogens (tertiary/aromatic N) is 1. The number of hydrogen-bond acceptors (Lipinski definition) is 1. The summed E-state index contributed by atoms with van der Waals surface area (Å²) in [5, 5.41) is 0. The second kappa shape index (κ2) is 6.89. The van der Waals surface area contributed by atoms with E-state index >= 15 is 0 Å². The summed E-state index contributed by atoms with van der Waals surface area (Å²) in [6.45, 7) is 2.18. The molecule has 1 heterocycles. The van der Waals surface area contributed by atoms with Gasteiger partial charge in [0.1, 0.15) is 0 Å². The summed E-state index contributed by atoms with van der Waals surface area (Å²) in [7, 11) is 0. The third kappa shape index (κ3) is 3.72. The molecule has 1 aromatic carbocycles. The lowest BCUT2D eigenvalue weighted by molar-refractivity contribution is 0.326. The van der Waals surface area contributed by atoms with Gasteiger partial charge in [0.05, 0.1) is 0 Å². The smallest absolute Gasteiger partial charge is 0.0478 e. The molecule has 1 fully saturated rings. The fraction of sp³-hybridized carbons (Fsp3) is 0.450. The van der Waals surface area contributed by atoms with E-state index in [4.69, 9.17) is 0 Å². The van der Waals surface area contributed by atoms with E-state index in [2.05, 4.69) is 48.3 Å². The van der Waals surface area contributed by atoms with Crippen molar-refractivity contribution in [1.82, 2.24) is 4.98 Å².